The number of carbonyl (C=O) groups is 2. The van der Waals surface area contributed by atoms with Gasteiger partial charge in [-0.3, -0.25) is 14.6 Å². The van der Waals surface area contributed by atoms with Crippen molar-refractivity contribution >= 4 is 28.3 Å². The lowest BCUT2D eigenvalue weighted by Gasteiger charge is -2.08. The molecule has 0 aromatic carbocycles. The number of likely N-dealkylation sites (tertiary alicyclic amines) is 1. The van der Waals surface area contributed by atoms with Gasteiger partial charge >= 0.3 is 0 Å². The fourth-order valence-electron chi connectivity index (χ4n) is 2.13. The number of hydrogen-bond donors (Lipinski definition) is 1. The van der Waals surface area contributed by atoms with Gasteiger partial charge in [0.1, 0.15) is 0 Å². The topological polar surface area (TPSA) is 88.1 Å². The first-order valence-corrected chi connectivity index (χ1v) is 7.24. The second-order valence-corrected chi connectivity index (χ2v) is 5.80. The first kappa shape index (κ1) is 13.6. The number of hydrogen-bond acceptors (Lipinski definition) is 6. The highest BCUT2D eigenvalue weighted by atomic mass is 32.1. The van der Waals surface area contributed by atoms with E-state index in [2.05, 4.69) is 20.5 Å². The largest absolute Gasteiger partial charge is 0.345 e. The Morgan fingerprint density at radius 2 is 2.33 bits per heavy atom. The third-order valence-electron chi connectivity index (χ3n) is 3.28. The van der Waals surface area contributed by atoms with Gasteiger partial charge < -0.3 is 10.2 Å². The summed E-state index contributed by atoms with van der Waals surface area (Å²) in [5.41, 5.74) is 0.853. The van der Waals surface area contributed by atoms with Crippen LogP contribution in [0.2, 0.25) is 0 Å². The maximum Gasteiger partial charge on any atom is 0.231 e. The average molecular weight is 303 g/mol. The normalized spacial score (nSPS) is 18.0. The van der Waals surface area contributed by atoms with Gasteiger partial charge in [0, 0.05) is 38.0 Å². The molecule has 3 rings (SSSR count). The molecule has 108 valence electrons. The summed E-state index contributed by atoms with van der Waals surface area (Å²) in [6, 6.07) is 3.69. The van der Waals surface area contributed by atoms with Crippen molar-refractivity contribution < 1.29 is 9.59 Å². The number of pyridine rings is 1. The first-order valence-electron chi connectivity index (χ1n) is 6.42. The quantitative estimate of drug-likeness (QED) is 0.914. The van der Waals surface area contributed by atoms with E-state index in [1.807, 2.05) is 12.1 Å². The molecule has 0 saturated carbocycles. The van der Waals surface area contributed by atoms with E-state index in [0.29, 0.717) is 16.7 Å². The molecule has 1 aliphatic rings. The zero-order chi connectivity index (χ0) is 14.8. The van der Waals surface area contributed by atoms with Gasteiger partial charge in [-0.05, 0) is 12.1 Å². The predicted molar refractivity (Wildman–Crippen MR) is 77.5 cm³/mol. The summed E-state index contributed by atoms with van der Waals surface area (Å²) in [7, 11) is 1.70. The maximum absolute atomic E-state index is 12.1. The van der Waals surface area contributed by atoms with Crippen LogP contribution in [0, 0.1) is 5.92 Å². The minimum absolute atomic E-state index is 0.0107. The van der Waals surface area contributed by atoms with Crippen LogP contribution < -0.4 is 5.32 Å². The molecular formula is C13H13N5O2S. The van der Waals surface area contributed by atoms with Gasteiger partial charge in [-0.2, -0.15) is 0 Å². The summed E-state index contributed by atoms with van der Waals surface area (Å²) >= 11 is 1.28. The van der Waals surface area contributed by atoms with Crippen LogP contribution in [0.25, 0.3) is 10.6 Å². The van der Waals surface area contributed by atoms with E-state index in [0.717, 1.165) is 5.56 Å². The van der Waals surface area contributed by atoms with Crippen LogP contribution in [0.3, 0.4) is 0 Å². The Bertz CT molecular complexity index is 672. The molecule has 2 aromatic heterocycles. The third kappa shape index (κ3) is 2.89. The van der Waals surface area contributed by atoms with Gasteiger partial charge in [0.25, 0.3) is 0 Å². The van der Waals surface area contributed by atoms with Crippen LogP contribution in [-0.4, -0.2) is 45.5 Å². The van der Waals surface area contributed by atoms with E-state index in [-0.39, 0.29) is 24.2 Å². The summed E-state index contributed by atoms with van der Waals surface area (Å²) in [6.45, 7) is 0.443. The molecule has 7 nitrogen and oxygen atoms in total. The molecule has 2 aromatic rings. The monoisotopic (exact) mass is 303 g/mol. The lowest BCUT2D eigenvalue weighted by atomic mass is 10.1. The van der Waals surface area contributed by atoms with E-state index >= 15 is 0 Å². The van der Waals surface area contributed by atoms with Gasteiger partial charge in [0.05, 0.1) is 5.92 Å². The minimum Gasteiger partial charge on any atom is -0.345 e. The Kier molecular flexibility index (Phi) is 3.61. The number of nitrogens with zero attached hydrogens (tertiary/aromatic N) is 4. The lowest BCUT2D eigenvalue weighted by molar-refractivity contribution is -0.127. The second kappa shape index (κ2) is 5.57. The number of rotatable bonds is 3. The summed E-state index contributed by atoms with van der Waals surface area (Å²) in [6.07, 6.45) is 3.62. The highest BCUT2D eigenvalue weighted by Crippen LogP contribution is 2.26. The number of nitrogens with one attached hydrogen (secondary N) is 1. The molecule has 21 heavy (non-hydrogen) atoms. The molecule has 2 amide bonds. The number of anilines is 1. The van der Waals surface area contributed by atoms with Crippen LogP contribution in [0.1, 0.15) is 6.42 Å². The maximum atomic E-state index is 12.1. The molecule has 0 spiro atoms. The fraction of sp³-hybridized carbons (Fsp3) is 0.308. The Labute approximate surface area is 125 Å². The molecule has 1 saturated heterocycles. The Morgan fingerprint density at radius 1 is 1.48 bits per heavy atom. The van der Waals surface area contributed by atoms with Crippen molar-refractivity contribution in [3.05, 3.63) is 24.5 Å². The van der Waals surface area contributed by atoms with E-state index in [9.17, 15) is 9.59 Å². The Hall–Kier alpha value is -2.35. The highest BCUT2D eigenvalue weighted by molar-refractivity contribution is 7.18. The van der Waals surface area contributed by atoms with Crippen molar-refractivity contribution in [2.75, 3.05) is 18.9 Å². The second-order valence-electron chi connectivity index (χ2n) is 4.82. The number of amides is 2. The smallest absolute Gasteiger partial charge is 0.231 e. The summed E-state index contributed by atoms with van der Waals surface area (Å²) in [5.74, 6) is -0.529. The van der Waals surface area contributed by atoms with Gasteiger partial charge in [0.15, 0.2) is 5.01 Å². The molecule has 3 heterocycles. The third-order valence-corrected chi connectivity index (χ3v) is 4.16. The molecule has 1 atom stereocenters. The average Bonchev–Trinajstić information content (AvgIpc) is 3.08. The SMILES string of the molecule is CN1CC(C(=O)Nc2nnc(-c3cccnc3)s2)CC1=O. The summed E-state index contributed by atoms with van der Waals surface area (Å²) in [4.78, 5) is 29.1. The molecule has 1 aliphatic heterocycles. The molecule has 0 radical (unpaired) electrons. The summed E-state index contributed by atoms with van der Waals surface area (Å²) in [5, 5.41) is 11.8. The van der Waals surface area contributed by atoms with Gasteiger partial charge in [0.2, 0.25) is 16.9 Å². The van der Waals surface area contributed by atoms with Crippen molar-refractivity contribution in [1.29, 1.82) is 0 Å². The Balaban J connectivity index is 1.68. The fourth-order valence-corrected chi connectivity index (χ4v) is 2.86. The van der Waals surface area contributed by atoms with Crippen LogP contribution in [0.15, 0.2) is 24.5 Å². The molecule has 1 fully saturated rings. The molecule has 8 heteroatoms. The highest BCUT2D eigenvalue weighted by Gasteiger charge is 2.32. The van der Waals surface area contributed by atoms with Crippen LogP contribution >= 0.6 is 11.3 Å². The number of aromatic nitrogens is 3. The standard InChI is InChI=1S/C13H13N5O2S/c1-18-7-9(5-10(18)19)11(20)15-13-17-16-12(21-13)8-3-2-4-14-6-8/h2-4,6,9H,5,7H2,1H3,(H,15,17,20). The molecule has 1 N–H and O–H groups in total. The van der Waals surface area contributed by atoms with Crippen molar-refractivity contribution in [3.63, 3.8) is 0 Å². The Morgan fingerprint density at radius 3 is 3.00 bits per heavy atom. The lowest BCUT2D eigenvalue weighted by Crippen LogP contribution is -2.25. The first-order chi connectivity index (χ1) is 10.1. The minimum atomic E-state index is -0.326. The molecule has 1 unspecified atom stereocenters. The van der Waals surface area contributed by atoms with Gasteiger partial charge in [-0.1, -0.05) is 11.3 Å². The molecule has 0 aliphatic carbocycles. The van der Waals surface area contributed by atoms with Crippen LogP contribution in [0.5, 0.6) is 0 Å². The van der Waals surface area contributed by atoms with Crippen molar-refractivity contribution in [3.8, 4) is 10.6 Å². The molecule has 0 bridgehead atoms. The number of carbonyl (C=O) groups excluding carboxylic acids is 2. The van der Waals surface area contributed by atoms with Crippen LogP contribution in [0.4, 0.5) is 5.13 Å². The van der Waals surface area contributed by atoms with Crippen LogP contribution in [-0.2, 0) is 9.59 Å². The van der Waals surface area contributed by atoms with Gasteiger partial charge in [-0.15, -0.1) is 10.2 Å². The van der Waals surface area contributed by atoms with E-state index < -0.39 is 0 Å². The molecular weight excluding hydrogens is 290 g/mol. The predicted octanol–water partition coefficient (Wildman–Crippen LogP) is 1.02. The van der Waals surface area contributed by atoms with E-state index in [1.165, 1.54) is 11.3 Å². The summed E-state index contributed by atoms with van der Waals surface area (Å²) < 4.78 is 0. The van der Waals surface area contributed by atoms with Crippen molar-refractivity contribution in [2.45, 2.75) is 6.42 Å². The van der Waals surface area contributed by atoms with E-state index in [1.54, 1.807) is 24.3 Å². The van der Waals surface area contributed by atoms with Gasteiger partial charge in [-0.25, -0.2) is 0 Å². The zero-order valence-electron chi connectivity index (χ0n) is 11.3. The zero-order valence-corrected chi connectivity index (χ0v) is 12.1. The van der Waals surface area contributed by atoms with Crippen molar-refractivity contribution in [2.24, 2.45) is 5.92 Å². The van der Waals surface area contributed by atoms with E-state index in [4.69, 9.17) is 0 Å². The van der Waals surface area contributed by atoms with Crippen molar-refractivity contribution in [1.82, 2.24) is 20.1 Å².